The maximum Gasteiger partial charge on any atom is 0.0120 e. The smallest absolute Gasteiger partial charge is 0.0120 e. The van der Waals surface area contributed by atoms with E-state index in [-0.39, 0.29) is 0 Å². The Bertz CT molecular complexity index is 273. The van der Waals surface area contributed by atoms with Crippen molar-refractivity contribution in [3.05, 3.63) is 0 Å². The van der Waals surface area contributed by atoms with Crippen molar-refractivity contribution in [2.24, 2.45) is 11.8 Å². The van der Waals surface area contributed by atoms with Crippen LogP contribution in [-0.4, -0.2) is 36.1 Å². The zero-order chi connectivity index (χ0) is 14.5. The number of nitrogens with zero attached hydrogens (tertiary/aromatic N) is 1. The summed E-state index contributed by atoms with van der Waals surface area (Å²) in [4.78, 5) is 2.82. The first-order valence-electron chi connectivity index (χ1n) is 9.14. The van der Waals surface area contributed by atoms with Crippen molar-refractivity contribution in [3.63, 3.8) is 0 Å². The molecule has 118 valence electrons. The molecule has 1 N–H and O–H groups in total. The van der Waals surface area contributed by atoms with Crippen molar-refractivity contribution in [2.75, 3.05) is 13.1 Å². The maximum atomic E-state index is 3.76. The summed E-state index contributed by atoms with van der Waals surface area (Å²) in [7, 11) is 0. The van der Waals surface area contributed by atoms with E-state index in [2.05, 4.69) is 37.9 Å². The Morgan fingerprint density at radius 1 is 1.10 bits per heavy atom. The predicted molar refractivity (Wildman–Crippen MR) is 88.1 cm³/mol. The summed E-state index contributed by atoms with van der Waals surface area (Å²) in [5.74, 6) is 1.74. The molecule has 1 saturated heterocycles. The second-order valence-electron chi connectivity index (χ2n) is 7.33. The first kappa shape index (κ1) is 16.3. The molecule has 1 aliphatic heterocycles. The molecule has 0 aromatic rings. The highest BCUT2D eigenvalue weighted by Crippen LogP contribution is 2.33. The Balaban J connectivity index is 1.90. The number of nitrogens with one attached hydrogen (secondary N) is 1. The zero-order valence-electron chi connectivity index (χ0n) is 14.2. The molecule has 20 heavy (non-hydrogen) atoms. The van der Waals surface area contributed by atoms with Crippen LogP contribution in [0.2, 0.25) is 0 Å². The van der Waals surface area contributed by atoms with Gasteiger partial charge in [0.1, 0.15) is 0 Å². The molecule has 1 aliphatic carbocycles. The van der Waals surface area contributed by atoms with E-state index in [4.69, 9.17) is 0 Å². The van der Waals surface area contributed by atoms with Gasteiger partial charge in [0.2, 0.25) is 0 Å². The molecule has 4 atom stereocenters. The van der Waals surface area contributed by atoms with Gasteiger partial charge >= 0.3 is 0 Å². The summed E-state index contributed by atoms with van der Waals surface area (Å²) in [6.45, 7) is 12.2. The molecular formula is C18H36N2. The second-order valence-corrected chi connectivity index (χ2v) is 7.33. The zero-order valence-corrected chi connectivity index (χ0v) is 14.2. The SMILES string of the molecule is CCCNC1CCN(C(C)C2CCCCC2)C(C)C1C. The quantitative estimate of drug-likeness (QED) is 0.817. The molecule has 4 unspecified atom stereocenters. The molecule has 0 spiro atoms. The van der Waals surface area contributed by atoms with Crippen LogP contribution in [0, 0.1) is 11.8 Å². The number of hydrogen-bond acceptors (Lipinski definition) is 2. The van der Waals surface area contributed by atoms with Crippen LogP contribution in [0.25, 0.3) is 0 Å². The van der Waals surface area contributed by atoms with Crippen molar-refractivity contribution in [1.82, 2.24) is 10.2 Å². The molecular weight excluding hydrogens is 244 g/mol. The van der Waals surface area contributed by atoms with Crippen LogP contribution in [0.5, 0.6) is 0 Å². The number of hydrogen-bond donors (Lipinski definition) is 1. The number of piperidine rings is 1. The van der Waals surface area contributed by atoms with Crippen LogP contribution in [0.3, 0.4) is 0 Å². The third-order valence-corrected chi connectivity index (χ3v) is 6.13. The van der Waals surface area contributed by atoms with E-state index in [9.17, 15) is 0 Å². The van der Waals surface area contributed by atoms with Gasteiger partial charge in [0.15, 0.2) is 0 Å². The van der Waals surface area contributed by atoms with Crippen LogP contribution in [0.15, 0.2) is 0 Å². The molecule has 2 aliphatic rings. The average molecular weight is 280 g/mol. The lowest BCUT2D eigenvalue weighted by atomic mass is 9.80. The minimum Gasteiger partial charge on any atom is -0.314 e. The number of rotatable bonds is 5. The molecule has 2 fully saturated rings. The van der Waals surface area contributed by atoms with Crippen LogP contribution >= 0.6 is 0 Å². The number of likely N-dealkylation sites (tertiary alicyclic amines) is 1. The Morgan fingerprint density at radius 3 is 2.45 bits per heavy atom. The molecule has 2 heteroatoms. The fourth-order valence-electron chi connectivity index (χ4n) is 4.47. The minimum absolute atomic E-state index is 0.732. The summed E-state index contributed by atoms with van der Waals surface area (Å²) in [5.41, 5.74) is 0. The van der Waals surface area contributed by atoms with Gasteiger partial charge in [0.25, 0.3) is 0 Å². The van der Waals surface area contributed by atoms with Gasteiger partial charge in [-0.3, -0.25) is 4.90 Å². The lowest BCUT2D eigenvalue weighted by Gasteiger charge is -2.48. The van der Waals surface area contributed by atoms with Crippen molar-refractivity contribution in [2.45, 2.75) is 90.8 Å². The maximum absolute atomic E-state index is 3.76. The molecule has 1 heterocycles. The fraction of sp³-hybridized carbons (Fsp3) is 1.00. The minimum atomic E-state index is 0.732. The lowest BCUT2D eigenvalue weighted by molar-refractivity contribution is 0.0225. The first-order valence-corrected chi connectivity index (χ1v) is 9.14. The van der Waals surface area contributed by atoms with Gasteiger partial charge in [-0.15, -0.1) is 0 Å². The topological polar surface area (TPSA) is 15.3 Å². The van der Waals surface area contributed by atoms with Crippen molar-refractivity contribution < 1.29 is 0 Å². The highest BCUT2D eigenvalue weighted by molar-refractivity contribution is 4.92. The average Bonchev–Trinajstić information content (AvgIpc) is 2.49. The van der Waals surface area contributed by atoms with E-state index in [1.165, 1.54) is 58.0 Å². The molecule has 0 aromatic heterocycles. The van der Waals surface area contributed by atoms with Gasteiger partial charge < -0.3 is 5.32 Å². The van der Waals surface area contributed by atoms with Crippen LogP contribution in [0.4, 0.5) is 0 Å². The summed E-state index contributed by atoms with van der Waals surface area (Å²) >= 11 is 0. The lowest BCUT2D eigenvalue weighted by Crippen LogP contribution is -2.57. The summed E-state index contributed by atoms with van der Waals surface area (Å²) in [5, 5.41) is 3.76. The van der Waals surface area contributed by atoms with Crippen LogP contribution in [0.1, 0.15) is 72.6 Å². The highest BCUT2D eigenvalue weighted by atomic mass is 15.2. The predicted octanol–water partition coefficient (Wildman–Crippen LogP) is 4.05. The van der Waals surface area contributed by atoms with E-state index in [0.717, 1.165) is 30.0 Å². The van der Waals surface area contributed by atoms with Gasteiger partial charge in [-0.2, -0.15) is 0 Å². The molecule has 2 rings (SSSR count). The Morgan fingerprint density at radius 2 is 1.80 bits per heavy atom. The van der Waals surface area contributed by atoms with Gasteiger partial charge in [-0.05, 0) is 57.9 Å². The monoisotopic (exact) mass is 280 g/mol. The van der Waals surface area contributed by atoms with Crippen LogP contribution < -0.4 is 5.32 Å². The largest absolute Gasteiger partial charge is 0.314 e. The Kier molecular flexibility index (Phi) is 6.35. The van der Waals surface area contributed by atoms with E-state index < -0.39 is 0 Å². The molecule has 1 saturated carbocycles. The molecule has 0 aromatic carbocycles. The van der Waals surface area contributed by atoms with Crippen molar-refractivity contribution in [1.29, 1.82) is 0 Å². The molecule has 0 radical (unpaired) electrons. The van der Waals surface area contributed by atoms with Gasteiger partial charge in [-0.25, -0.2) is 0 Å². The third kappa shape index (κ3) is 3.76. The Labute approximate surface area is 126 Å². The summed E-state index contributed by atoms with van der Waals surface area (Å²) in [6.07, 6.45) is 9.92. The van der Waals surface area contributed by atoms with E-state index in [0.29, 0.717) is 0 Å². The van der Waals surface area contributed by atoms with Crippen molar-refractivity contribution in [3.8, 4) is 0 Å². The van der Waals surface area contributed by atoms with Gasteiger partial charge in [0, 0.05) is 24.7 Å². The molecule has 0 amide bonds. The summed E-state index contributed by atoms with van der Waals surface area (Å²) < 4.78 is 0. The van der Waals surface area contributed by atoms with Crippen molar-refractivity contribution >= 4 is 0 Å². The van der Waals surface area contributed by atoms with E-state index in [1.54, 1.807) is 0 Å². The van der Waals surface area contributed by atoms with E-state index in [1.807, 2.05) is 0 Å². The molecule has 2 nitrogen and oxygen atoms in total. The first-order chi connectivity index (χ1) is 9.65. The fourth-order valence-corrected chi connectivity index (χ4v) is 4.47. The van der Waals surface area contributed by atoms with Crippen LogP contribution in [-0.2, 0) is 0 Å². The highest BCUT2D eigenvalue weighted by Gasteiger charge is 2.36. The Hall–Kier alpha value is -0.0800. The van der Waals surface area contributed by atoms with E-state index >= 15 is 0 Å². The normalized spacial score (nSPS) is 35.1. The summed E-state index contributed by atoms with van der Waals surface area (Å²) in [6, 6.07) is 2.26. The van der Waals surface area contributed by atoms with Gasteiger partial charge in [-0.1, -0.05) is 33.1 Å². The molecule has 0 bridgehead atoms. The standard InChI is InChI=1S/C18H36N2/c1-5-12-19-18-11-13-20(15(3)14(18)2)16(4)17-9-7-6-8-10-17/h14-19H,5-13H2,1-4H3. The van der Waals surface area contributed by atoms with Gasteiger partial charge in [0.05, 0.1) is 0 Å². The second kappa shape index (κ2) is 7.79. The third-order valence-electron chi connectivity index (χ3n) is 6.13.